The number of carbonyl (C=O) groups is 1. The highest BCUT2D eigenvalue weighted by atomic mass is 16.6. The molecule has 1 heterocycles. The van der Waals surface area contributed by atoms with Gasteiger partial charge in [-0.05, 0) is 112 Å². The van der Waals surface area contributed by atoms with E-state index in [1.54, 1.807) is 0 Å². The molecular weight excluding hydrogens is 392 g/mol. The molecule has 0 spiro atoms. The summed E-state index contributed by atoms with van der Waals surface area (Å²) in [6, 6.07) is 0. The summed E-state index contributed by atoms with van der Waals surface area (Å²) in [6.07, 6.45) is 12.6. The smallest absolute Gasteiger partial charge is 0.138 e. The lowest BCUT2D eigenvalue weighted by atomic mass is 9.35. The molecule has 4 saturated carbocycles. The van der Waals surface area contributed by atoms with Crippen molar-refractivity contribution in [1.82, 2.24) is 0 Å². The van der Waals surface area contributed by atoms with E-state index in [4.69, 9.17) is 4.74 Å². The minimum absolute atomic E-state index is 0.0965. The molecule has 5 aliphatic rings. The maximum absolute atomic E-state index is 12.9. The molecular formula is C30H48O2. The predicted octanol–water partition coefficient (Wildman–Crippen LogP) is 7.75. The van der Waals surface area contributed by atoms with Gasteiger partial charge in [-0.3, -0.25) is 4.79 Å². The van der Waals surface area contributed by atoms with E-state index in [0.717, 1.165) is 37.5 Å². The Hall–Kier alpha value is -0.630. The largest absolute Gasteiger partial charge is 0.367 e. The first-order valence-electron chi connectivity index (χ1n) is 13.7. The van der Waals surface area contributed by atoms with E-state index in [-0.39, 0.29) is 11.0 Å². The van der Waals surface area contributed by atoms with Gasteiger partial charge in [0.1, 0.15) is 5.78 Å². The molecule has 5 rings (SSSR count). The number of Topliss-reactive ketones (excluding diaryl/α,β-unsaturated/α-hetero) is 1. The molecule has 1 aliphatic heterocycles. The molecule has 8 atom stereocenters. The molecule has 5 fully saturated rings. The number of hydrogen-bond donors (Lipinski definition) is 0. The summed E-state index contributed by atoms with van der Waals surface area (Å²) < 4.78 is 5.85. The zero-order valence-corrected chi connectivity index (χ0v) is 22.0. The SMILES string of the molecule is C=C(CCC1OC1(C)C)[C@@H]1CC[C@]2(C)[C@H]1CC[C@H]1[C@@]3(C)CCC(=O)C(C)(C)[C@@H]3CC[C@]12C. The van der Waals surface area contributed by atoms with Crippen LogP contribution in [0.1, 0.15) is 113 Å². The van der Waals surface area contributed by atoms with E-state index in [9.17, 15) is 4.79 Å². The summed E-state index contributed by atoms with van der Waals surface area (Å²) in [7, 11) is 0. The third-order valence-corrected chi connectivity index (χ3v) is 12.6. The maximum Gasteiger partial charge on any atom is 0.138 e. The number of rotatable bonds is 4. The quantitative estimate of drug-likeness (QED) is 0.330. The van der Waals surface area contributed by atoms with Crippen LogP contribution in [0.15, 0.2) is 12.2 Å². The number of epoxide rings is 1. The van der Waals surface area contributed by atoms with Gasteiger partial charge < -0.3 is 4.74 Å². The lowest BCUT2D eigenvalue weighted by Crippen LogP contribution is -2.63. The molecule has 0 radical (unpaired) electrons. The molecule has 2 nitrogen and oxygen atoms in total. The zero-order valence-electron chi connectivity index (χ0n) is 22.0. The maximum atomic E-state index is 12.9. The topological polar surface area (TPSA) is 29.6 Å². The highest BCUT2D eigenvalue weighted by Gasteiger charge is 2.68. The van der Waals surface area contributed by atoms with Crippen LogP contribution in [0.2, 0.25) is 0 Å². The van der Waals surface area contributed by atoms with Crippen molar-refractivity contribution in [2.24, 2.45) is 45.3 Å². The summed E-state index contributed by atoms with van der Waals surface area (Å²) in [5.41, 5.74) is 2.60. The van der Waals surface area contributed by atoms with Gasteiger partial charge in [0.25, 0.3) is 0 Å². The van der Waals surface area contributed by atoms with Gasteiger partial charge in [-0.1, -0.05) is 46.8 Å². The van der Waals surface area contributed by atoms with Crippen molar-refractivity contribution in [3.63, 3.8) is 0 Å². The van der Waals surface area contributed by atoms with Gasteiger partial charge in [-0.25, -0.2) is 0 Å². The van der Waals surface area contributed by atoms with Gasteiger partial charge in [0, 0.05) is 11.8 Å². The second kappa shape index (κ2) is 6.96. The van der Waals surface area contributed by atoms with Crippen LogP contribution < -0.4 is 0 Å². The van der Waals surface area contributed by atoms with Crippen molar-refractivity contribution in [2.75, 3.05) is 0 Å². The van der Waals surface area contributed by atoms with Crippen LogP contribution >= 0.6 is 0 Å². The van der Waals surface area contributed by atoms with Gasteiger partial charge in [0.2, 0.25) is 0 Å². The van der Waals surface area contributed by atoms with Crippen molar-refractivity contribution < 1.29 is 9.53 Å². The van der Waals surface area contributed by atoms with Crippen LogP contribution in [-0.2, 0) is 9.53 Å². The Morgan fingerprint density at radius 2 is 1.56 bits per heavy atom. The summed E-state index contributed by atoms with van der Waals surface area (Å²) in [4.78, 5) is 12.9. The monoisotopic (exact) mass is 440 g/mol. The molecule has 0 aromatic carbocycles. The fourth-order valence-electron chi connectivity index (χ4n) is 10.3. The normalized spacial score (nSPS) is 50.8. The fourth-order valence-corrected chi connectivity index (χ4v) is 10.3. The van der Waals surface area contributed by atoms with Gasteiger partial charge >= 0.3 is 0 Å². The third-order valence-electron chi connectivity index (χ3n) is 12.6. The Morgan fingerprint density at radius 3 is 2.22 bits per heavy atom. The second-order valence-corrected chi connectivity index (χ2v) is 14.4. The van der Waals surface area contributed by atoms with Crippen LogP contribution in [0.3, 0.4) is 0 Å². The van der Waals surface area contributed by atoms with Gasteiger partial charge in [-0.2, -0.15) is 0 Å². The highest BCUT2D eigenvalue weighted by Crippen LogP contribution is 2.75. The first-order chi connectivity index (χ1) is 14.8. The molecule has 0 N–H and O–H groups in total. The van der Waals surface area contributed by atoms with E-state index >= 15 is 0 Å². The molecule has 32 heavy (non-hydrogen) atoms. The van der Waals surface area contributed by atoms with Gasteiger partial charge in [0.15, 0.2) is 0 Å². The van der Waals surface area contributed by atoms with E-state index in [0.29, 0.717) is 40.0 Å². The molecule has 1 unspecified atom stereocenters. The molecule has 0 bridgehead atoms. The van der Waals surface area contributed by atoms with Crippen LogP contribution in [0.4, 0.5) is 0 Å². The number of hydrogen-bond acceptors (Lipinski definition) is 2. The Bertz CT molecular complexity index is 823. The van der Waals surface area contributed by atoms with E-state index in [2.05, 4.69) is 55.0 Å². The van der Waals surface area contributed by atoms with Crippen LogP contribution in [0, 0.1) is 45.3 Å². The minimum Gasteiger partial charge on any atom is -0.367 e. The molecule has 2 heteroatoms. The lowest BCUT2D eigenvalue weighted by Gasteiger charge is -2.69. The summed E-state index contributed by atoms with van der Waals surface area (Å²) in [5, 5.41) is 0. The number of allylic oxidation sites excluding steroid dienone is 1. The molecule has 0 amide bonds. The van der Waals surface area contributed by atoms with Crippen molar-refractivity contribution in [2.45, 2.75) is 124 Å². The van der Waals surface area contributed by atoms with Crippen LogP contribution in [-0.4, -0.2) is 17.5 Å². The van der Waals surface area contributed by atoms with Gasteiger partial charge in [-0.15, -0.1) is 0 Å². The fraction of sp³-hybridized carbons (Fsp3) is 0.900. The number of ketones is 1. The highest BCUT2D eigenvalue weighted by molar-refractivity contribution is 5.85. The summed E-state index contributed by atoms with van der Waals surface area (Å²) >= 11 is 0. The van der Waals surface area contributed by atoms with Crippen molar-refractivity contribution in [3.8, 4) is 0 Å². The summed E-state index contributed by atoms with van der Waals surface area (Å²) in [6.45, 7) is 21.5. The Labute approximate surface area is 197 Å². The molecule has 1 saturated heterocycles. The Morgan fingerprint density at radius 1 is 0.906 bits per heavy atom. The molecule has 180 valence electrons. The van der Waals surface area contributed by atoms with E-state index in [1.165, 1.54) is 44.1 Å². The first kappa shape index (κ1) is 23.1. The second-order valence-electron chi connectivity index (χ2n) is 14.4. The zero-order chi connectivity index (χ0) is 23.3. The van der Waals surface area contributed by atoms with E-state index < -0.39 is 0 Å². The molecule has 0 aromatic heterocycles. The minimum atomic E-state index is -0.142. The van der Waals surface area contributed by atoms with Crippen LogP contribution in [0.5, 0.6) is 0 Å². The average Bonchev–Trinajstić information content (AvgIpc) is 3.15. The van der Waals surface area contributed by atoms with E-state index in [1.807, 2.05) is 0 Å². The standard InChI is InChI=1S/C30H48O2/c1-19(9-12-25-27(4,5)32-25)20-13-17-29(7)21(20)10-11-23-28(6)16-15-24(31)26(2,3)22(28)14-18-30(23,29)8/h20-23,25H,1,9-18H2,2-8H3/t20-,21-,22-,23-,25?,28-,29+,30+/m0/s1. The Kier molecular flexibility index (Phi) is 5.03. The predicted molar refractivity (Wildman–Crippen MR) is 131 cm³/mol. The van der Waals surface area contributed by atoms with Crippen molar-refractivity contribution >= 4 is 5.78 Å². The number of carbonyl (C=O) groups excluding carboxylic acids is 1. The number of ether oxygens (including phenoxy) is 1. The van der Waals surface area contributed by atoms with Gasteiger partial charge in [0.05, 0.1) is 11.7 Å². The first-order valence-corrected chi connectivity index (χ1v) is 13.7. The van der Waals surface area contributed by atoms with Crippen molar-refractivity contribution in [1.29, 1.82) is 0 Å². The van der Waals surface area contributed by atoms with Crippen LogP contribution in [0.25, 0.3) is 0 Å². The third kappa shape index (κ3) is 2.96. The number of fused-ring (bicyclic) bond motifs is 5. The Balaban J connectivity index is 1.37. The summed E-state index contributed by atoms with van der Waals surface area (Å²) in [5.74, 6) is 3.33. The molecule has 0 aromatic rings. The molecule has 4 aliphatic carbocycles. The lowest BCUT2D eigenvalue weighted by molar-refractivity contribution is -0.201. The average molecular weight is 441 g/mol. The van der Waals surface area contributed by atoms with Crippen molar-refractivity contribution in [3.05, 3.63) is 12.2 Å².